The number of nitrogens with zero attached hydrogens (tertiary/aromatic N) is 2. The SMILES string of the molecule is Cc1ncn(Cc2ccc(Cl)cc2F)c(=O)c1Br. The maximum Gasteiger partial charge on any atom is 0.268 e. The van der Waals surface area contributed by atoms with Gasteiger partial charge in [0.2, 0.25) is 0 Å². The highest BCUT2D eigenvalue weighted by molar-refractivity contribution is 9.10. The van der Waals surface area contributed by atoms with Crippen molar-refractivity contribution in [1.82, 2.24) is 9.55 Å². The molecule has 0 aliphatic heterocycles. The van der Waals surface area contributed by atoms with E-state index in [1.807, 2.05) is 0 Å². The number of hydrogen-bond donors (Lipinski definition) is 0. The molecule has 94 valence electrons. The topological polar surface area (TPSA) is 34.9 Å². The molecule has 2 aromatic rings. The third-order valence-electron chi connectivity index (χ3n) is 2.51. The van der Waals surface area contributed by atoms with Crippen molar-refractivity contribution in [3.63, 3.8) is 0 Å². The number of aromatic nitrogens is 2. The summed E-state index contributed by atoms with van der Waals surface area (Å²) < 4.78 is 15.3. The van der Waals surface area contributed by atoms with Crippen LogP contribution in [0.25, 0.3) is 0 Å². The molecule has 0 N–H and O–H groups in total. The molecule has 0 aliphatic carbocycles. The van der Waals surface area contributed by atoms with Gasteiger partial charge >= 0.3 is 0 Å². The van der Waals surface area contributed by atoms with Crippen LogP contribution in [0, 0.1) is 12.7 Å². The van der Waals surface area contributed by atoms with Gasteiger partial charge in [0.15, 0.2) is 0 Å². The minimum absolute atomic E-state index is 0.119. The Balaban J connectivity index is 2.41. The summed E-state index contributed by atoms with van der Waals surface area (Å²) in [5.41, 5.74) is 0.753. The lowest BCUT2D eigenvalue weighted by atomic mass is 10.2. The Bertz CT molecular complexity index is 657. The summed E-state index contributed by atoms with van der Waals surface area (Å²) in [5, 5.41) is 0.326. The molecule has 1 aromatic heterocycles. The fourth-order valence-electron chi connectivity index (χ4n) is 1.49. The van der Waals surface area contributed by atoms with Crippen LogP contribution in [0.1, 0.15) is 11.3 Å². The number of hydrogen-bond acceptors (Lipinski definition) is 2. The Kier molecular flexibility index (Phi) is 3.82. The minimum atomic E-state index is -0.439. The zero-order chi connectivity index (χ0) is 13.3. The Morgan fingerprint density at radius 1 is 1.50 bits per heavy atom. The second-order valence-corrected chi connectivity index (χ2v) is 5.04. The van der Waals surface area contributed by atoms with E-state index in [2.05, 4.69) is 20.9 Å². The van der Waals surface area contributed by atoms with Gasteiger partial charge in [0, 0.05) is 10.6 Å². The first-order valence-corrected chi connectivity index (χ1v) is 6.31. The molecule has 0 radical (unpaired) electrons. The van der Waals surface area contributed by atoms with Crippen LogP contribution in [0.4, 0.5) is 4.39 Å². The van der Waals surface area contributed by atoms with E-state index in [0.29, 0.717) is 20.8 Å². The summed E-state index contributed by atoms with van der Waals surface area (Å²) in [5.74, 6) is -0.439. The third kappa shape index (κ3) is 2.62. The number of halogens is 3. The van der Waals surface area contributed by atoms with E-state index in [1.54, 1.807) is 19.1 Å². The molecule has 0 spiro atoms. The predicted octanol–water partition coefficient (Wildman–Crippen LogP) is 3.16. The fraction of sp³-hybridized carbons (Fsp3) is 0.167. The molecular formula is C12H9BrClFN2O. The minimum Gasteiger partial charge on any atom is -0.294 e. The maximum atomic E-state index is 13.6. The van der Waals surface area contributed by atoms with Gasteiger partial charge in [0.05, 0.1) is 18.6 Å². The van der Waals surface area contributed by atoms with Crippen LogP contribution in [0.15, 0.2) is 33.8 Å². The molecule has 1 heterocycles. The van der Waals surface area contributed by atoms with Crippen LogP contribution < -0.4 is 5.56 Å². The Hall–Kier alpha value is -1.20. The first kappa shape index (κ1) is 13.2. The van der Waals surface area contributed by atoms with Crippen LogP contribution >= 0.6 is 27.5 Å². The van der Waals surface area contributed by atoms with Gasteiger partial charge in [-0.1, -0.05) is 17.7 Å². The molecule has 18 heavy (non-hydrogen) atoms. The molecule has 0 aliphatic rings. The molecule has 0 bridgehead atoms. The zero-order valence-electron chi connectivity index (χ0n) is 9.45. The summed E-state index contributed by atoms with van der Waals surface area (Å²) in [4.78, 5) is 16.0. The third-order valence-corrected chi connectivity index (χ3v) is 3.66. The molecule has 0 saturated heterocycles. The van der Waals surface area contributed by atoms with E-state index in [1.165, 1.54) is 17.0 Å². The molecule has 0 saturated carbocycles. The first-order chi connectivity index (χ1) is 8.49. The molecule has 0 atom stereocenters. The molecule has 3 nitrogen and oxygen atoms in total. The first-order valence-electron chi connectivity index (χ1n) is 5.14. The lowest BCUT2D eigenvalue weighted by Gasteiger charge is -2.08. The Labute approximate surface area is 116 Å². The number of aryl methyl sites for hydroxylation is 1. The zero-order valence-corrected chi connectivity index (χ0v) is 11.8. The quantitative estimate of drug-likeness (QED) is 0.847. The smallest absolute Gasteiger partial charge is 0.268 e. The van der Waals surface area contributed by atoms with E-state index in [0.717, 1.165) is 0 Å². The van der Waals surface area contributed by atoms with Gasteiger partial charge in [-0.05, 0) is 35.0 Å². The Morgan fingerprint density at radius 3 is 2.89 bits per heavy atom. The van der Waals surface area contributed by atoms with Gasteiger partial charge in [0.25, 0.3) is 5.56 Å². The number of rotatable bonds is 2. The average molecular weight is 332 g/mol. The van der Waals surface area contributed by atoms with Crippen molar-refractivity contribution in [2.45, 2.75) is 13.5 Å². The van der Waals surface area contributed by atoms with Crippen molar-refractivity contribution in [2.75, 3.05) is 0 Å². The van der Waals surface area contributed by atoms with Gasteiger partial charge in [-0.25, -0.2) is 9.37 Å². The van der Waals surface area contributed by atoms with E-state index in [-0.39, 0.29) is 12.1 Å². The van der Waals surface area contributed by atoms with Gasteiger partial charge in [-0.3, -0.25) is 9.36 Å². The highest BCUT2D eigenvalue weighted by atomic mass is 79.9. The second-order valence-electron chi connectivity index (χ2n) is 3.81. The molecule has 0 amide bonds. The largest absolute Gasteiger partial charge is 0.294 e. The highest BCUT2D eigenvalue weighted by Gasteiger charge is 2.08. The van der Waals surface area contributed by atoms with Gasteiger partial charge in [0.1, 0.15) is 10.3 Å². The van der Waals surface area contributed by atoms with Crippen LogP contribution in [-0.2, 0) is 6.54 Å². The van der Waals surface area contributed by atoms with Crippen molar-refractivity contribution in [1.29, 1.82) is 0 Å². The molecule has 6 heteroatoms. The van der Waals surface area contributed by atoms with E-state index >= 15 is 0 Å². The van der Waals surface area contributed by atoms with Crippen molar-refractivity contribution in [3.05, 3.63) is 61.5 Å². The number of benzene rings is 1. The van der Waals surface area contributed by atoms with Crippen molar-refractivity contribution in [3.8, 4) is 0 Å². The molecule has 0 fully saturated rings. The van der Waals surface area contributed by atoms with Crippen molar-refractivity contribution >= 4 is 27.5 Å². The standard InChI is InChI=1S/C12H9BrClFN2O/c1-7-11(13)12(18)17(6-16-7)5-8-2-3-9(14)4-10(8)15/h2-4,6H,5H2,1H3. The van der Waals surface area contributed by atoms with E-state index < -0.39 is 5.82 Å². The summed E-state index contributed by atoms with van der Waals surface area (Å²) in [6.07, 6.45) is 1.40. The van der Waals surface area contributed by atoms with Gasteiger partial charge in [-0.2, -0.15) is 0 Å². The molecule has 2 rings (SSSR count). The summed E-state index contributed by atoms with van der Waals surface area (Å²) in [6.45, 7) is 1.84. The summed E-state index contributed by atoms with van der Waals surface area (Å²) in [7, 11) is 0. The highest BCUT2D eigenvalue weighted by Crippen LogP contribution is 2.15. The monoisotopic (exact) mass is 330 g/mol. The van der Waals surface area contributed by atoms with Crippen molar-refractivity contribution < 1.29 is 4.39 Å². The molecular weight excluding hydrogens is 322 g/mol. The van der Waals surface area contributed by atoms with E-state index in [4.69, 9.17) is 11.6 Å². The lowest BCUT2D eigenvalue weighted by Crippen LogP contribution is -2.23. The van der Waals surface area contributed by atoms with Crippen LogP contribution in [0.3, 0.4) is 0 Å². The summed E-state index contributed by atoms with van der Waals surface area (Å²) in [6, 6.07) is 4.36. The Morgan fingerprint density at radius 2 is 2.22 bits per heavy atom. The normalized spacial score (nSPS) is 10.7. The maximum absolute atomic E-state index is 13.6. The van der Waals surface area contributed by atoms with Crippen LogP contribution in [0.2, 0.25) is 5.02 Å². The van der Waals surface area contributed by atoms with Crippen LogP contribution in [-0.4, -0.2) is 9.55 Å². The van der Waals surface area contributed by atoms with Crippen molar-refractivity contribution in [2.24, 2.45) is 0 Å². The van der Waals surface area contributed by atoms with Gasteiger partial charge in [-0.15, -0.1) is 0 Å². The van der Waals surface area contributed by atoms with Crippen LogP contribution in [0.5, 0.6) is 0 Å². The predicted molar refractivity (Wildman–Crippen MR) is 71.4 cm³/mol. The second kappa shape index (κ2) is 5.20. The molecule has 0 unspecified atom stereocenters. The van der Waals surface area contributed by atoms with E-state index in [9.17, 15) is 9.18 Å². The van der Waals surface area contributed by atoms with Gasteiger partial charge < -0.3 is 0 Å². The fourth-order valence-corrected chi connectivity index (χ4v) is 1.98. The average Bonchev–Trinajstić information content (AvgIpc) is 2.33. The lowest BCUT2D eigenvalue weighted by molar-refractivity contribution is 0.593. The summed E-state index contributed by atoms with van der Waals surface area (Å²) >= 11 is 8.83. The molecule has 1 aromatic carbocycles.